The van der Waals surface area contributed by atoms with Crippen LogP contribution in [0.4, 0.5) is 0 Å². The van der Waals surface area contributed by atoms with Crippen LogP contribution in [0.1, 0.15) is 6.92 Å². The Hall–Kier alpha value is 0.528. The number of rotatable bonds is 2. The van der Waals surface area contributed by atoms with Gasteiger partial charge >= 0.3 is 21.1 Å². The number of hydrogen-bond donors (Lipinski definition) is 2. The molecule has 0 spiro atoms. The molecule has 68 valence electrons. The van der Waals surface area contributed by atoms with Gasteiger partial charge in [-0.1, -0.05) is 0 Å². The second kappa shape index (κ2) is 5.22. The van der Waals surface area contributed by atoms with Gasteiger partial charge in [-0.2, -0.15) is 0 Å². The molecule has 0 aromatic carbocycles. The molecule has 1 heterocycles. The molecule has 0 bridgehead atoms. The van der Waals surface area contributed by atoms with E-state index < -0.39 is 0 Å². The average Bonchev–Trinajstić information content (AvgIpc) is 2.30. The van der Waals surface area contributed by atoms with E-state index in [4.69, 9.17) is 20.9 Å². The first-order valence-corrected chi connectivity index (χ1v) is 3.49. The maximum atomic E-state index is 5.40. The van der Waals surface area contributed by atoms with E-state index in [1.165, 1.54) is 0 Å². The summed E-state index contributed by atoms with van der Waals surface area (Å²) in [4.78, 5) is 0. The van der Waals surface area contributed by atoms with Gasteiger partial charge in [0, 0.05) is 13.1 Å². The minimum Gasteiger partial charge on any atom is -0.346 e. The molecule has 0 aromatic heterocycles. The van der Waals surface area contributed by atoms with E-state index in [2.05, 4.69) is 0 Å². The predicted octanol–water partition coefficient (Wildman–Crippen LogP) is -0.969. The summed E-state index contributed by atoms with van der Waals surface area (Å²) >= 11 is 0. The summed E-state index contributed by atoms with van der Waals surface area (Å²) in [5.74, 6) is 0. The van der Waals surface area contributed by atoms with Gasteiger partial charge in [0.15, 0.2) is 6.29 Å². The number of nitrogens with two attached hydrogens (primary N) is 2. The van der Waals surface area contributed by atoms with E-state index in [0.717, 1.165) is 0 Å². The third kappa shape index (κ3) is 2.80. The van der Waals surface area contributed by atoms with Gasteiger partial charge in [0.05, 0.1) is 0 Å². The Labute approximate surface area is 80.9 Å². The molecule has 1 rings (SSSR count). The fourth-order valence-corrected chi connectivity index (χ4v) is 1.11. The molecule has 0 saturated carbocycles. The van der Waals surface area contributed by atoms with Crippen LogP contribution in [0.15, 0.2) is 0 Å². The van der Waals surface area contributed by atoms with Crippen LogP contribution in [-0.4, -0.2) is 31.6 Å². The fraction of sp³-hybridized carbons (Fsp3) is 1.00. The molecule has 11 heavy (non-hydrogen) atoms. The van der Waals surface area contributed by atoms with E-state index in [1.54, 1.807) is 0 Å². The van der Waals surface area contributed by atoms with Crippen molar-refractivity contribution in [3.05, 3.63) is 0 Å². The summed E-state index contributed by atoms with van der Waals surface area (Å²) in [6.45, 7) is 2.80. The van der Waals surface area contributed by atoms with Crippen LogP contribution in [0.25, 0.3) is 0 Å². The summed E-state index contributed by atoms with van der Waals surface area (Å²) in [5.41, 5.74) is 10.8. The second-order valence-electron chi connectivity index (χ2n) is 2.39. The van der Waals surface area contributed by atoms with Gasteiger partial charge in [-0.05, 0) is 6.92 Å². The van der Waals surface area contributed by atoms with Crippen molar-refractivity contribution in [2.24, 2.45) is 11.5 Å². The van der Waals surface area contributed by atoms with E-state index in [-0.39, 0.29) is 39.6 Å². The van der Waals surface area contributed by atoms with Gasteiger partial charge in [0.2, 0.25) is 0 Å². The molecule has 0 aliphatic carbocycles. The molecule has 1 aliphatic heterocycles. The molecule has 2 atom stereocenters. The molecule has 1 aliphatic rings. The van der Waals surface area contributed by atoms with Crippen molar-refractivity contribution in [1.82, 2.24) is 0 Å². The average molecular weight is 341 g/mol. The molecule has 0 unspecified atom stereocenters. The van der Waals surface area contributed by atoms with Crippen LogP contribution < -0.4 is 11.5 Å². The Morgan fingerprint density at radius 3 is 1.73 bits per heavy atom. The second-order valence-corrected chi connectivity index (χ2v) is 2.39. The van der Waals surface area contributed by atoms with Gasteiger partial charge in [-0.25, -0.2) is 0 Å². The summed E-state index contributed by atoms with van der Waals surface area (Å²) in [6, 6.07) is 0. The Morgan fingerprint density at radius 1 is 1.09 bits per heavy atom. The molecular formula is C6H14N2O2Pt+2. The topological polar surface area (TPSA) is 70.5 Å². The summed E-state index contributed by atoms with van der Waals surface area (Å²) in [7, 11) is 0. The van der Waals surface area contributed by atoms with Crippen molar-refractivity contribution < 1.29 is 30.5 Å². The first-order chi connectivity index (χ1) is 4.77. The summed E-state index contributed by atoms with van der Waals surface area (Å²) < 4.78 is 10.6. The van der Waals surface area contributed by atoms with Gasteiger partial charge < -0.3 is 20.9 Å². The normalized spacial score (nSPS) is 31.9. The molecule has 0 radical (unpaired) electrons. The number of hydrogen-bond acceptors (Lipinski definition) is 4. The van der Waals surface area contributed by atoms with Crippen molar-refractivity contribution in [3.63, 3.8) is 0 Å². The quantitative estimate of drug-likeness (QED) is 0.678. The monoisotopic (exact) mass is 341 g/mol. The zero-order valence-corrected chi connectivity index (χ0v) is 8.71. The third-order valence-corrected chi connectivity index (χ3v) is 1.61. The maximum Gasteiger partial charge on any atom is 2.00 e. The zero-order valence-electron chi connectivity index (χ0n) is 6.43. The van der Waals surface area contributed by atoms with E-state index >= 15 is 0 Å². The SMILES string of the molecule is CC1O[C@H](CN)[C@@H](CN)O1.[Pt+2]. The molecule has 0 aromatic rings. The first kappa shape index (κ1) is 11.5. The summed E-state index contributed by atoms with van der Waals surface area (Å²) in [6.07, 6.45) is -0.179. The fourth-order valence-electron chi connectivity index (χ4n) is 1.11. The van der Waals surface area contributed by atoms with Crippen LogP contribution in [-0.2, 0) is 30.5 Å². The van der Waals surface area contributed by atoms with Crippen molar-refractivity contribution >= 4 is 0 Å². The Kier molecular flexibility index (Phi) is 5.47. The van der Waals surface area contributed by atoms with Gasteiger partial charge in [0.25, 0.3) is 0 Å². The van der Waals surface area contributed by atoms with E-state index in [0.29, 0.717) is 13.1 Å². The van der Waals surface area contributed by atoms with Crippen LogP contribution in [0.3, 0.4) is 0 Å². The Balaban J connectivity index is 0.000001000. The van der Waals surface area contributed by atoms with Crippen molar-refractivity contribution in [2.75, 3.05) is 13.1 Å². The van der Waals surface area contributed by atoms with Crippen molar-refractivity contribution in [3.8, 4) is 0 Å². The van der Waals surface area contributed by atoms with Gasteiger partial charge in [-0.15, -0.1) is 0 Å². The van der Waals surface area contributed by atoms with Crippen molar-refractivity contribution in [1.29, 1.82) is 0 Å². The van der Waals surface area contributed by atoms with E-state index in [1.807, 2.05) is 6.92 Å². The molecule has 4 N–H and O–H groups in total. The number of ether oxygens (including phenoxy) is 2. The molecule has 1 fully saturated rings. The predicted molar refractivity (Wildman–Crippen MR) is 37.3 cm³/mol. The van der Waals surface area contributed by atoms with Gasteiger partial charge in [-0.3, -0.25) is 0 Å². The van der Waals surface area contributed by atoms with Crippen LogP contribution >= 0.6 is 0 Å². The standard InChI is InChI=1S/C6H14N2O2.Pt/c1-4-9-5(2-7)6(3-8)10-4;/h4-6H,2-3,7-8H2,1H3;/q;+2/t5-,6-;/m1./s1. The largest absolute Gasteiger partial charge is 2.00 e. The molecule has 1 saturated heterocycles. The molecule has 0 amide bonds. The minimum absolute atomic E-state index is 0. The Morgan fingerprint density at radius 2 is 1.45 bits per heavy atom. The maximum absolute atomic E-state index is 5.40. The summed E-state index contributed by atoms with van der Waals surface area (Å²) in [5, 5.41) is 0. The van der Waals surface area contributed by atoms with Crippen LogP contribution in [0.2, 0.25) is 0 Å². The first-order valence-electron chi connectivity index (χ1n) is 3.49. The molecular weight excluding hydrogens is 327 g/mol. The van der Waals surface area contributed by atoms with E-state index in [9.17, 15) is 0 Å². The molecule has 5 heteroatoms. The zero-order chi connectivity index (χ0) is 7.56. The van der Waals surface area contributed by atoms with Crippen LogP contribution in [0.5, 0.6) is 0 Å². The molecule has 4 nitrogen and oxygen atoms in total. The Bertz CT molecular complexity index is 103. The van der Waals surface area contributed by atoms with Gasteiger partial charge in [0.1, 0.15) is 12.2 Å². The van der Waals surface area contributed by atoms with Crippen molar-refractivity contribution in [2.45, 2.75) is 25.4 Å². The minimum atomic E-state index is -0.151. The van der Waals surface area contributed by atoms with Crippen LogP contribution in [0, 0.1) is 0 Å². The third-order valence-electron chi connectivity index (χ3n) is 1.61. The smallest absolute Gasteiger partial charge is 0.346 e.